The summed E-state index contributed by atoms with van der Waals surface area (Å²) in [6.45, 7) is 11.7. The average Bonchev–Trinajstić information content (AvgIpc) is 2.41. The molecule has 0 bridgehead atoms. The lowest BCUT2D eigenvalue weighted by Crippen LogP contribution is -2.56. The third-order valence-electron chi connectivity index (χ3n) is 2.90. The third-order valence-corrected chi connectivity index (χ3v) is 2.90. The highest BCUT2D eigenvalue weighted by Gasteiger charge is 2.40. The fourth-order valence-electron chi connectivity index (χ4n) is 2.03. The first kappa shape index (κ1) is 26.0. The summed E-state index contributed by atoms with van der Waals surface area (Å²) in [7, 11) is 0. The van der Waals surface area contributed by atoms with Gasteiger partial charge >= 0.3 is 18.2 Å². The molecule has 164 valence electrons. The molecular weight excluding hydrogens is 381 g/mol. The van der Waals surface area contributed by atoms with E-state index >= 15 is 0 Å². The molecule has 0 aliphatic carbocycles. The van der Waals surface area contributed by atoms with Crippen molar-refractivity contribution < 1.29 is 32.3 Å². The molecule has 0 unspecified atom stereocenters. The molecule has 0 aromatic heterocycles. The highest BCUT2D eigenvalue weighted by atomic mass is 19.4. The van der Waals surface area contributed by atoms with Crippen LogP contribution >= 0.6 is 0 Å². The van der Waals surface area contributed by atoms with Crippen LogP contribution in [0.3, 0.4) is 0 Å². The second kappa shape index (κ2) is 10.5. The van der Waals surface area contributed by atoms with Crippen LogP contribution in [-0.2, 0) is 14.3 Å². The Hall–Kier alpha value is -2.04. The number of rotatable bonds is 7. The van der Waals surface area contributed by atoms with Gasteiger partial charge < -0.3 is 4.74 Å². The van der Waals surface area contributed by atoms with E-state index in [0.29, 0.717) is 5.01 Å². The van der Waals surface area contributed by atoms with Gasteiger partial charge in [-0.2, -0.15) is 13.2 Å². The van der Waals surface area contributed by atoms with E-state index in [1.165, 1.54) is 5.01 Å². The number of alkyl halides is 3. The van der Waals surface area contributed by atoms with E-state index in [9.17, 15) is 27.6 Å². The van der Waals surface area contributed by atoms with E-state index < -0.39 is 36.2 Å². The molecule has 0 atom stereocenters. The van der Waals surface area contributed by atoms with Gasteiger partial charge in [-0.1, -0.05) is 27.7 Å². The molecule has 0 aromatic rings. The number of amides is 3. The zero-order valence-electron chi connectivity index (χ0n) is 17.4. The van der Waals surface area contributed by atoms with Crippen LogP contribution < -0.4 is 10.9 Å². The van der Waals surface area contributed by atoms with Crippen LogP contribution in [0.15, 0.2) is 0 Å². The van der Waals surface area contributed by atoms with Gasteiger partial charge in [-0.25, -0.2) is 9.80 Å². The minimum atomic E-state index is -5.12. The molecular formula is C17H31F3N4O4. The summed E-state index contributed by atoms with van der Waals surface area (Å²) in [5.74, 6) is -3.21. The Morgan fingerprint density at radius 1 is 0.929 bits per heavy atom. The van der Waals surface area contributed by atoms with E-state index in [0.717, 1.165) is 0 Å². The number of hydrogen-bond acceptors (Lipinski definition) is 5. The highest BCUT2D eigenvalue weighted by Crippen LogP contribution is 2.15. The second-order valence-electron chi connectivity index (χ2n) is 8.22. The van der Waals surface area contributed by atoms with Gasteiger partial charge in [0.05, 0.1) is 6.54 Å². The molecule has 0 aliphatic heterocycles. The number of nitrogens with zero attached hydrogens (tertiary/aromatic N) is 2. The molecule has 0 spiro atoms. The van der Waals surface area contributed by atoms with E-state index in [2.05, 4.69) is 5.43 Å². The molecule has 0 rings (SSSR count). The van der Waals surface area contributed by atoms with Crippen molar-refractivity contribution in [3.8, 4) is 0 Å². The summed E-state index contributed by atoms with van der Waals surface area (Å²) in [5, 5.41) is 1.86. The lowest BCUT2D eigenvalue weighted by atomic mass is 10.2. The van der Waals surface area contributed by atoms with Crippen molar-refractivity contribution in [3.63, 3.8) is 0 Å². The van der Waals surface area contributed by atoms with Crippen molar-refractivity contribution >= 4 is 17.9 Å². The number of carbonyl (C=O) groups excluding carboxylic acids is 3. The Morgan fingerprint density at radius 2 is 1.43 bits per heavy atom. The van der Waals surface area contributed by atoms with Crippen LogP contribution in [0.25, 0.3) is 0 Å². The van der Waals surface area contributed by atoms with Gasteiger partial charge in [0, 0.05) is 13.1 Å². The molecule has 0 aromatic carbocycles. The maximum absolute atomic E-state index is 12.5. The Morgan fingerprint density at radius 3 is 1.82 bits per heavy atom. The summed E-state index contributed by atoms with van der Waals surface area (Å²) in [5.41, 5.74) is 3.24. The van der Waals surface area contributed by atoms with Crippen LogP contribution in [0.2, 0.25) is 0 Å². The fraction of sp³-hybridized carbons (Fsp3) is 0.824. The minimum Gasteiger partial charge on any atom is -0.443 e. The molecule has 0 heterocycles. The van der Waals surface area contributed by atoms with Crippen LogP contribution in [0.4, 0.5) is 18.0 Å². The van der Waals surface area contributed by atoms with Gasteiger partial charge in [-0.05, 0) is 32.6 Å². The first-order chi connectivity index (χ1) is 12.5. The van der Waals surface area contributed by atoms with Gasteiger partial charge in [-0.3, -0.25) is 25.4 Å². The molecule has 0 fully saturated rings. The quantitative estimate of drug-likeness (QED) is 0.627. The van der Waals surface area contributed by atoms with Crippen molar-refractivity contribution in [1.29, 1.82) is 0 Å². The number of nitrogens with one attached hydrogen (secondary N) is 2. The predicted molar refractivity (Wildman–Crippen MR) is 96.5 cm³/mol. The standard InChI is InChI=1S/C17H31F3N4O4/c1-11(2)8-23(22-15(27)28-16(5,6)7)10-13(25)24(9-12(3)4)21-14(26)17(18,19)20/h11-12H,8-10H2,1-7H3,(H,21,26)(H,22,27). The summed E-state index contributed by atoms with van der Waals surface area (Å²) in [6, 6.07) is 0. The first-order valence-corrected chi connectivity index (χ1v) is 8.94. The minimum absolute atomic E-state index is 0.0334. The largest absolute Gasteiger partial charge is 0.472 e. The number of hydrogen-bond donors (Lipinski definition) is 2. The fourth-order valence-corrected chi connectivity index (χ4v) is 2.03. The lowest BCUT2D eigenvalue weighted by molar-refractivity contribution is -0.180. The molecule has 11 heteroatoms. The van der Waals surface area contributed by atoms with Crippen LogP contribution in [-0.4, -0.2) is 59.3 Å². The summed E-state index contributed by atoms with van der Waals surface area (Å²) >= 11 is 0. The van der Waals surface area contributed by atoms with Crippen LogP contribution in [0.5, 0.6) is 0 Å². The van der Waals surface area contributed by atoms with Crippen LogP contribution in [0, 0.1) is 11.8 Å². The first-order valence-electron chi connectivity index (χ1n) is 8.94. The van der Waals surface area contributed by atoms with Crippen molar-refractivity contribution in [1.82, 2.24) is 20.9 Å². The average molecular weight is 412 g/mol. The lowest BCUT2D eigenvalue weighted by Gasteiger charge is -2.30. The normalized spacial score (nSPS) is 12.3. The van der Waals surface area contributed by atoms with E-state index in [4.69, 9.17) is 4.74 Å². The van der Waals surface area contributed by atoms with Gasteiger partial charge in [0.25, 0.3) is 5.91 Å². The van der Waals surface area contributed by atoms with Gasteiger partial charge in [-0.15, -0.1) is 0 Å². The summed E-state index contributed by atoms with van der Waals surface area (Å²) < 4.78 is 42.8. The number of hydrazine groups is 2. The van der Waals surface area contributed by atoms with Crippen molar-refractivity contribution in [2.24, 2.45) is 11.8 Å². The van der Waals surface area contributed by atoms with Crippen molar-refractivity contribution in [3.05, 3.63) is 0 Å². The van der Waals surface area contributed by atoms with Gasteiger partial charge in [0.1, 0.15) is 5.60 Å². The van der Waals surface area contributed by atoms with Gasteiger partial charge in [0.15, 0.2) is 0 Å². The number of carbonyl (C=O) groups is 3. The summed E-state index contributed by atoms with van der Waals surface area (Å²) in [4.78, 5) is 35.7. The molecule has 0 radical (unpaired) electrons. The predicted octanol–water partition coefficient (Wildman–Crippen LogP) is 2.46. The van der Waals surface area contributed by atoms with E-state index in [1.807, 2.05) is 13.8 Å². The maximum atomic E-state index is 12.5. The monoisotopic (exact) mass is 412 g/mol. The third kappa shape index (κ3) is 11.6. The highest BCUT2D eigenvalue weighted by molar-refractivity contribution is 5.86. The molecule has 0 aliphatic rings. The van der Waals surface area contributed by atoms with Crippen molar-refractivity contribution in [2.75, 3.05) is 19.6 Å². The Labute approximate surface area is 163 Å². The molecule has 0 saturated carbocycles. The molecule has 0 saturated heterocycles. The second-order valence-corrected chi connectivity index (χ2v) is 8.22. The van der Waals surface area contributed by atoms with Crippen molar-refractivity contribution in [2.45, 2.75) is 60.2 Å². The SMILES string of the molecule is CC(C)CN(CC(=O)N(CC(C)C)NC(=O)C(F)(F)F)NC(=O)OC(C)(C)C. The summed E-state index contributed by atoms with van der Waals surface area (Å²) in [6.07, 6.45) is -5.92. The number of halogens is 3. The zero-order valence-corrected chi connectivity index (χ0v) is 17.4. The van der Waals surface area contributed by atoms with Gasteiger partial charge in [0.2, 0.25) is 0 Å². The van der Waals surface area contributed by atoms with E-state index in [-0.39, 0.29) is 24.9 Å². The maximum Gasteiger partial charge on any atom is 0.472 e. The Balaban J connectivity index is 5.23. The van der Waals surface area contributed by atoms with E-state index in [1.54, 1.807) is 40.0 Å². The molecule has 28 heavy (non-hydrogen) atoms. The zero-order chi connectivity index (χ0) is 22.3. The molecule has 8 nitrogen and oxygen atoms in total. The Bertz CT molecular complexity index is 546. The molecule has 2 N–H and O–H groups in total. The van der Waals surface area contributed by atoms with Crippen LogP contribution in [0.1, 0.15) is 48.5 Å². The smallest absolute Gasteiger partial charge is 0.443 e. The molecule has 3 amide bonds. The topological polar surface area (TPSA) is 91.0 Å². The Kier molecular flexibility index (Phi) is 9.73. The number of ether oxygens (including phenoxy) is 1.